The van der Waals surface area contributed by atoms with Crippen LogP contribution in [-0.4, -0.2) is 48.3 Å². The number of nitrogens with one attached hydrogen (secondary N) is 1. The summed E-state index contributed by atoms with van der Waals surface area (Å²) >= 11 is 0. The largest absolute Gasteiger partial charge is 0.444 e. The quantitative estimate of drug-likeness (QED) is 0.425. The maximum absolute atomic E-state index is 12.9. The molecule has 7 heteroatoms. The van der Waals surface area contributed by atoms with Gasteiger partial charge in [-0.15, -0.1) is 0 Å². The number of furan rings is 1. The molecule has 3 aromatic rings. The molecule has 0 saturated carbocycles. The summed E-state index contributed by atoms with van der Waals surface area (Å²) in [5.41, 5.74) is 2.20. The molecule has 2 aliphatic heterocycles. The summed E-state index contributed by atoms with van der Waals surface area (Å²) in [6.45, 7) is 5.60. The highest BCUT2D eigenvalue weighted by Gasteiger charge is 2.38. The van der Waals surface area contributed by atoms with Crippen molar-refractivity contribution in [3.05, 3.63) is 59.9 Å². The zero-order valence-corrected chi connectivity index (χ0v) is 22.5. The number of nitriles is 1. The lowest BCUT2D eigenvalue weighted by atomic mass is 9.97. The third kappa shape index (κ3) is 5.49. The fourth-order valence-electron chi connectivity index (χ4n) is 5.55. The normalized spacial score (nSPS) is 20.9. The second-order valence-corrected chi connectivity index (χ2v) is 11.2. The standard InChI is InChI=1S/C31H34N4O3/c1-31(2,3)38-30(36)35(23-9-6-5-7-10-23)16-8-11-26-27-19-21(12-15-28(27)37-29(26)20-32)33-22-17-24-13-14-25(18-22)34(24)4/h5-7,9-10,12,15,19,22,24-25,33H,13-14,16-18H2,1-4H3. The molecular formula is C31H34N4O3. The van der Waals surface area contributed by atoms with Crippen LogP contribution in [0, 0.1) is 23.2 Å². The van der Waals surface area contributed by atoms with Gasteiger partial charge in [0.25, 0.3) is 0 Å². The smallest absolute Gasteiger partial charge is 0.415 e. The van der Waals surface area contributed by atoms with E-state index in [1.807, 2.05) is 69.3 Å². The van der Waals surface area contributed by atoms with E-state index in [4.69, 9.17) is 9.15 Å². The Morgan fingerprint density at radius 2 is 1.87 bits per heavy atom. The van der Waals surface area contributed by atoms with Gasteiger partial charge >= 0.3 is 6.09 Å². The summed E-state index contributed by atoms with van der Waals surface area (Å²) in [5, 5.41) is 14.2. The molecule has 2 unspecified atom stereocenters. The first-order chi connectivity index (χ1) is 18.2. The van der Waals surface area contributed by atoms with Gasteiger partial charge in [-0.1, -0.05) is 30.0 Å². The minimum Gasteiger partial charge on any atom is -0.444 e. The van der Waals surface area contributed by atoms with Gasteiger partial charge in [-0.3, -0.25) is 4.90 Å². The monoisotopic (exact) mass is 510 g/mol. The number of anilines is 2. The van der Waals surface area contributed by atoms with Crippen molar-refractivity contribution in [2.75, 3.05) is 23.8 Å². The molecule has 1 aromatic heterocycles. The van der Waals surface area contributed by atoms with Gasteiger partial charge in [0.2, 0.25) is 5.76 Å². The Labute approximate surface area is 224 Å². The van der Waals surface area contributed by atoms with Crippen molar-refractivity contribution in [3.8, 4) is 17.9 Å². The topological polar surface area (TPSA) is 81.7 Å². The zero-order chi connectivity index (χ0) is 26.9. The molecule has 2 saturated heterocycles. The molecule has 5 rings (SSSR count). The van der Waals surface area contributed by atoms with Gasteiger partial charge in [0.05, 0.1) is 12.1 Å². The predicted octanol–water partition coefficient (Wildman–Crippen LogP) is 6.13. The molecule has 0 radical (unpaired) electrons. The van der Waals surface area contributed by atoms with Gasteiger partial charge in [-0.25, -0.2) is 4.79 Å². The van der Waals surface area contributed by atoms with Gasteiger partial charge in [0.15, 0.2) is 0 Å². The zero-order valence-electron chi connectivity index (χ0n) is 22.5. The summed E-state index contributed by atoms with van der Waals surface area (Å²) < 4.78 is 11.4. The van der Waals surface area contributed by atoms with E-state index in [0.29, 0.717) is 35.0 Å². The second kappa shape index (κ2) is 10.4. The molecule has 38 heavy (non-hydrogen) atoms. The Morgan fingerprint density at radius 3 is 2.53 bits per heavy atom. The summed E-state index contributed by atoms with van der Waals surface area (Å²) in [6.07, 6.45) is 4.33. The van der Waals surface area contributed by atoms with E-state index in [2.05, 4.69) is 35.2 Å². The molecular weight excluding hydrogens is 476 g/mol. The van der Waals surface area contributed by atoms with Crippen LogP contribution in [0.15, 0.2) is 52.9 Å². The maximum atomic E-state index is 12.9. The lowest BCUT2D eigenvalue weighted by Crippen LogP contribution is -2.44. The highest BCUT2D eigenvalue weighted by atomic mass is 16.6. The predicted molar refractivity (Wildman–Crippen MR) is 149 cm³/mol. The van der Waals surface area contributed by atoms with Crippen molar-refractivity contribution < 1.29 is 13.9 Å². The van der Waals surface area contributed by atoms with E-state index >= 15 is 0 Å². The molecule has 2 aliphatic rings. The number of para-hydroxylation sites is 1. The SMILES string of the molecule is CN1C2CCC1CC(Nc1ccc3oc(C#N)c(C#CCN(C(=O)OC(C)(C)C)c4ccccc4)c3c1)C2. The summed E-state index contributed by atoms with van der Waals surface area (Å²) in [5.74, 6) is 6.37. The number of carbonyl (C=O) groups excluding carboxylic acids is 1. The van der Waals surface area contributed by atoms with Crippen LogP contribution in [-0.2, 0) is 4.74 Å². The number of piperidine rings is 1. The molecule has 2 aromatic carbocycles. The van der Waals surface area contributed by atoms with Crippen molar-refractivity contribution in [2.24, 2.45) is 0 Å². The van der Waals surface area contributed by atoms with Gasteiger partial charge in [-0.05, 0) is 83.8 Å². The van der Waals surface area contributed by atoms with E-state index in [0.717, 1.165) is 23.9 Å². The van der Waals surface area contributed by atoms with Crippen LogP contribution in [0.3, 0.4) is 0 Å². The van der Waals surface area contributed by atoms with Crippen LogP contribution in [0.1, 0.15) is 57.8 Å². The average Bonchev–Trinajstić information content (AvgIpc) is 3.31. The van der Waals surface area contributed by atoms with E-state index in [-0.39, 0.29) is 12.3 Å². The molecule has 2 fully saturated rings. The van der Waals surface area contributed by atoms with Gasteiger partial charge in [0, 0.05) is 34.9 Å². The van der Waals surface area contributed by atoms with Crippen LogP contribution < -0.4 is 10.2 Å². The highest BCUT2D eigenvalue weighted by molar-refractivity contribution is 5.90. The number of fused-ring (bicyclic) bond motifs is 3. The number of hydrogen-bond donors (Lipinski definition) is 1. The first kappa shape index (κ1) is 25.7. The molecule has 0 spiro atoms. The van der Waals surface area contributed by atoms with Crippen molar-refractivity contribution in [2.45, 2.75) is 70.2 Å². The minimum atomic E-state index is -0.636. The minimum absolute atomic E-state index is 0.104. The average molecular weight is 511 g/mol. The third-order valence-electron chi connectivity index (χ3n) is 7.39. The molecule has 1 amide bonds. The van der Waals surface area contributed by atoms with Gasteiger partial charge in [-0.2, -0.15) is 5.26 Å². The Morgan fingerprint density at radius 1 is 1.16 bits per heavy atom. The van der Waals surface area contributed by atoms with Gasteiger partial charge < -0.3 is 19.4 Å². The molecule has 2 atom stereocenters. The summed E-state index contributed by atoms with van der Waals surface area (Å²) in [6, 6.07) is 19.1. The number of ether oxygens (including phenoxy) is 1. The molecule has 196 valence electrons. The number of carbonyl (C=O) groups is 1. The van der Waals surface area contributed by atoms with E-state index < -0.39 is 11.7 Å². The van der Waals surface area contributed by atoms with Crippen LogP contribution in [0.4, 0.5) is 16.2 Å². The first-order valence-corrected chi connectivity index (χ1v) is 13.2. The molecule has 0 aliphatic carbocycles. The van der Waals surface area contributed by atoms with Crippen molar-refractivity contribution in [1.29, 1.82) is 5.26 Å². The van der Waals surface area contributed by atoms with E-state index in [1.165, 1.54) is 17.7 Å². The molecule has 3 heterocycles. The first-order valence-electron chi connectivity index (χ1n) is 13.2. The Kier molecular flexibility index (Phi) is 7.06. The number of amides is 1. The molecule has 2 bridgehead atoms. The molecule has 1 N–H and O–H groups in total. The number of hydrogen-bond acceptors (Lipinski definition) is 6. The van der Waals surface area contributed by atoms with Gasteiger partial charge in [0.1, 0.15) is 17.3 Å². The highest BCUT2D eigenvalue weighted by Crippen LogP contribution is 2.36. The number of rotatable bonds is 4. The van der Waals surface area contributed by atoms with Crippen molar-refractivity contribution >= 4 is 28.4 Å². The summed E-state index contributed by atoms with van der Waals surface area (Å²) in [4.78, 5) is 17.0. The lowest BCUT2D eigenvalue weighted by Gasteiger charge is -2.37. The third-order valence-corrected chi connectivity index (χ3v) is 7.39. The fraction of sp³-hybridized carbons (Fsp3) is 0.419. The van der Waals surface area contributed by atoms with Crippen LogP contribution in [0.25, 0.3) is 11.0 Å². The van der Waals surface area contributed by atoms with E-state index in [1.54, 1.807) is 0 Å². The molecule has 7 nitrogen and oxygen atoms in total. The number of nitrogens with zero attached hydrogens (tertiary/aromatic N) is 3. The van der Waals surface area contributed by atoms with Crippen molar-refractivity contribution in [3.63, 3.8) is 0 Å². The van der Waals surface area contributed by atoms with Crippen LogP contribution >= 0.6 is 0 Å². The maximum Gasteiger partial charge on any atom is 0.415 e. The van der Waals surface area contributed by atoms with Crippen LogP contribution in [0.5, 0.6) is 0 Å². The lowest BCUT2D eigenvalue weighted by molar-refractivity contribution is 0.0585. The summed E-state index contributed by atoms with van der Waals surface area (Å²) in [7, 11) is 2.24. The number of benzene rings is 2. The Hall–Kier alpha value is -3.94. The van der Waals surface area contributed by atoms with Crippen LogP contribution in [0.2, 0.25) is 0 Å². The second-order valence-electron chi connectivity index (χ2n) is 11.2. The Balaban J connectivity index is 1.39. The Bertz CT molecular complexity index is 1410. The fourth-order valence-corrected chi connectivity index (χ4v) is 5.55. The van der Waals surface area contributed by atoms with Crippen molar-refractivity contribution in [1.82, 2.24) is 4.90 Å². The van der Waals surface area contributed by atoms with E-state index in [9.17, 15) is 10.1 Å².